The highest BCUT2D eigenvalue weighted by Crippen LogP contribution is 2.32. The zero-order valence-corrected chi connectivity index (χ0v) is 9.80. The predicted octanol–water partition coefficient (Wildman–Crippen LogP) is 2.64. The minimum absolute atomic E-state index is 0.628. The van der Waals surface area contributed by atoms with Crippen molar-refractivity contribution in [1.29, 1.82) is 0 Å². The van der Waals surface area contributed by atoms with Crippen LogP contribution in [0.2, 0.25) is 5.02 Å². The molecule has 0 aliphatic heterocycles. The number of fused-ring (bicyclic) bond motifs is 1. The van der Waals surface area contributed by atoms with Crippen molar-refractivity contribution in [3.63, 3.8) is 0 Å². The standard InChI is InChI=1S/C12H15ClN2/c1-8-4-3-5-9-11(8)12(13)10(6-7-14)15(9)2/h3-5H,6-7,14H2,1-2H3. The van der Waals surface area contributed by atoms with E-state index in [9.17, 15) is 0 Å². The van der Waals surface area contributed by atoms with Crippen LogP contribution in [0.4, 0.5) is 0 Å². The van der Waals surface area contributed by atoms with Crippen LogP contribution in [0.3, 0.4) is 0 Å². The number of rotatable bonds is 2. The number of hydrogen-bond acceptors (Lipinski definition) is 1. The van der Waals surface area contributed by atoms with Gasteiger partial charge in [0.15, 0.2) is 0 Å². The molecule has 15 heavy (non-hydrogen) atoms. The van der Waals surface area contributed by atoms with Crippen molar-refractivity contribution >= 4 is 22.5 Å². The maximum atomic E-state index is 6.37. The summed E-state index contributed by atoms with van der Waals surface area (Å²) in [5.74, 6) is 0. The lowest BCUT2D eigenvalue weighted by Crippen LogP contribution is -2.06. The lowest BCUT2D eigenvalue weighted by atomic mass is 10.1. The van der Waals surface area contributed by atoms with E-state index < -0.39 is 0 Å². The smallest absolute Gasteiger partial charge is 0.0697 e. The molecular formula is C12H15ClN2. The van der Waals surface area contributed by atoms with Crippen molar-refractivity contribution in [2.75, 3.05) is 6.54 Å². The Bertz CT molecular complexity index is 500. The van der Waals surface area contributed by atoms with Gasteiger partial charge in [-0.1, -0.05) is 23.7 Å². The van der Waals surface area contributed by atoms with Crippen molar-refractivity contribution in [1.82, 2.24) is 4.57 Å². The molecule has 0 amide bonds. The lowest BCUT2D eigenvalue weighted by Gasteiger charge is -2.02. The Kier molecular flexibility index (Phi) is 2.72. The third kappa shape index (κ3) is 1.54. The van der Waals surface area contributed by atoms with Crippen LogP contribution in [-0.2, 0) is 13.5 Å². The summed E-state index contributed by atoms with van der Waals surface area (Å²) in [4.78, 5) is 0. The van der Waals surface area contributed by atoms with Crippen molar-refractivity contribution in [2.45, 2.75) is 13.3 Å². The lowest BCUT2D eigenvalue weighted by molar-refractivity contribution is 0.827. The molecule has 80 valence electrons. The zero-order chi connectivity index (χ0) is 11.0. The van der Waals surface area contributed by atoms with Crippen molar-refractivity contribution in [2.24, 2.45) is 12.8 Å². The highest BCUT2D eigenvalue weighted by atomic mass is 35.5. The molecule has 2 N–H and O–H groups in total. The number of nitrogens with zero attached hydrogens (tertiary/aromatic N) is 1. The Labute approximate surface area is 94.6 Å². The first-order valence-electron chi connectivity index (χ1n) is 5.09. The Morgan fingerprint density at radius 2 is 2.13 bits per heavy atom. The SMILES string of the molecule is Cc1cccc2c1c(Cl)c(CCN)n2C. The highest BCUT2D eigenvalue weighted by Gasteiger charge is 2.13. The van der Waals surface area contributed by atoms with E-state index in [0.29, 0.717) is 6.54 Å². The van der Waals surface area contributed by atoms with E-state index in [2.05, 4.69) is 29.7 Å². The number of nitrogens with two attached hydrogens (primary N) is 1. The fraction of sp³-hybridized carbons (Fsp3) is 0.333. The number of halogens is 1. The van der Waals surface area contributed by atoms with E-state index in [4.69, 9.17) is 17.3 Å². The van der Waals surface area contributed by atoms with Crippen molar-refractivity contribution in [3.05, 3.63) is 34.5 Å². The number of aromatic nitrogens is 1. The molecule has 0 saturated heterocycles. The fourth-order valence-electron chi connectivity index (χ4n) is 2.07. The molecule has 3 heteroatoms. The predicted molar refractivity (Wildman–Crippen MR) is 65.4 cm³/mol. The van der Waals surface area contributed by atoms with Crippen LogP contribution in [-0.4, -0.2) is 11.1 Å². The molecule has 0 atom stereocenters. The quantitative estimate of drug-likeness (QED) is 0.832. The zero-order valence-electron chi connectivity index (χ0n) is 9.05. The van der Waals surface area contributed by atoms with Gasteiger partial charge in [0.05, 0.1) is 5.02 Å². The monoisotopic (exact) mass is 222 g/mol. The molecule has 2 nitrogen and oxygen atoms in total. The number of benzene rings is 1. The van der Waals surface area contributed by atoms with Gasteiger partial charge in [-0.3, -0.25) is 0 Å². The van der Waals surface area contributed by atoms with Gasteiger partial charge in [-0.2, -0.15) is 0 Å². The van der Waals surface area contributed by atoms with Gasteiger partial charge in [0.1, 0.15) is 0 Å². The minimum Gasteiger partial charge on any atom is -0.346 e. The summed E-state index contributed by atoms with van der Waals surface area (Å²) in [6.07, 6.45) is 0.823. The van der Waals surface area contributed by atoms with Crippen molar-refractivity contribution in [3.8, 4) is 0 Å². The third-order valence-corrected chi connectivity index (χ3v) is 3.28. The molecule has 1 heterocycles. The molecule has 0 radical (unpaired) electrons. The van der Waals surface area contributed by atoms with Crippen LogP contribution in [0.1, 0.15) is 11.3 Å². The molecule has 0 aliphatic rings. The summed E-state index contributed by atoms with van der Waals surface area (Å²) in [6.45, 7) is 2.71. The molecule has 2 rings (SSSR count). The molecule has 0 fully saturated rings. The highest BCUT2D eigenvalue weighted by molar-refractivity contribution is 6.36. The van der Waals surface area contributed by atoms with Crippen LogP contribution < -0.4 is 5.73 Å². The van der Waals surface area contributed by atoms with E-state index >= 15 is 0 Å². The molecule has 1 aromatic heterocycles. The normalized spacial score (nSPS) is 11.2. The Balaban J connectivity index is 2.79. The number of hydrogen-bond donors (Lipinski definition) is 1. The second-order valence-electron chi connectivity index (χ2n) is 3.83. The summed E-state index contributed by atoms with van der Waals surface area (Å²) >= 11 is 6.37. The summed E-state index contributed by atoms with van der Waals surface area (Å²) in [5.41, 5.74) is 9.12. The van der Waals surface area contributed by atoms with Gasteiger partial charge < -0.3 is 10.3 Å². The van der Waals surface area contributed by atoms with Gasteiger partial charge >= 0.3 is 0 Å². The van der Waals surface area contributed by atoms with Crippen LogP contribution >= 0.6 is 11.6 Å². The van der Waals surface area contributed by atoms with Crippen LogP contribution in [0.5, 0.6) is 0 Å². The molecule has 0 unspecified atom stereocenters. The molecule has 0 bridgehead atoms. The average Bonchev–Trinajstić information content (AvgIpc) is 2.45. The summed E-state index contributed by atoms with van der Waals surface area (Å²) < 4.78 is 2.14. The first-order chi connectivity index (χ1) is 7.16. The molecule has 2 aromatic rings. The summed E-state index contributed by atoms with van der Waals surface area (Å²) in [6, 6.07) is 6.23. The van der Waals surface area contributed by atoms with Gasteiger partial charge in [0, 0.05) is 30.1 Å². The summed E-state index contributed by atoms with van der Waals surface area (Å²) in [5, 5.41) is 2.01. The maximum Gasteiger partial charge on any atom is 0.0697 e. The van der Waals surface area contributed by atoms with Crippen LogP contribution in [0.25, 0.3) is 10.9 Å². The van der Waals surface area contributed by atoms with Crippen molar-refractivity contribution < 1.29 is 0 Å². The molecule has 1 aromatic carbocycles. The maximum absolute atomic E-state index is 6.37. The Morgan fingerprint density at radius 3 is 2.73 bits per heavy atom. The fourth-order valence-corrected chi connectivity index (χ4v) is 2.54. The van der Waals surface area contributed by atoms with Gasteiger partial charge in [0.25, 0.3) is 0 Å². The van der Waals surface area contributed by atoms with Gasteiger partial charge in [0.2, 0.25) is 0 Å². The van der Waals surface area contributed by atoms with E-state index in [-0.39, 0.29) is 0 Å². The van der Waals surface area contributed by atoms with E-state index in [0.717, 1.165) is 22.5 Å². The van der Waals surface area contributed by atoms with Crippen LogP contribution in [0.15, 0.2) is 18.2 Å². The Morgan fingerprint density at radius 1 is 1.40 bits per heavy atom. The summed E-state index contributed by atoms with van der Waals surface area (Å²) in [7, 11) is 2.04. The van der Waals surface area contributed by atoms with E-state index in [1.165, 1.54) is 11.1 Å². The Hall–Kier alpha value is -0.990. The van der Waals surface area contributed by atoms with E-state index in [1.807, 2.05) is 7.05 Å². The van der Waals surface area contributed by atoms with Crippen LogP contribution in [0, 0.1) is 6.92 Å². The topological polar surface area (TPSA) is 30.9 Å². The first-order valence-corrected chi connectivity index (χ1v) is 5.47. The molecular weight excluding hydrogens is 208 g/mol. The second-order valence-corrected chi connectivity index (χ2v) is 4.21. The van der Waals surface area contributed by atoms with E-state index in [1.54, 1.807) is 0 Å². The first kappa shape index (κ1) is 10.5. The molecule has 0 saturated carbocycles. The van der Waals surface area contributed by atoms with Gasteiger partial charge in [-0.05, 0) is 25.1 Å². The third-order valence-electron chi connectivity index (χ3n) is 2.87. The van der Waals surface area contributed by atoms with Gasteiger partial charge in [-0.15, -0.1) is 0 Å². The van der Waals surface area contributed by atoms with Gasteiger partial charge in [-0.25, -0.2) is 0 Å². The number of aryl methyl sites for hydroxylation is 2. The molecule has 0 aliphatic carbocycles. The minimum atomic E-state index is 0.628. The second kappa shape index (κ2) is 3.87. The molecule has 0 spiro atoms. The largest absolute Gasteiger partial charge is 0.346 e. The average molecular weight is 223 g/mol.